The Morgan fingerprint density at radius 3 is 2.78 bits per heavy atom. The van der Waals surface area contributed by atoms with Gasteiger partial charge in [0, 0.05) is 25.2 Å². The second kappa shape index (κ2) is 7.36. The van der Waals surface area contributed by atoms with Gasteiger partial charge in [-0.3, -0.25) is 9.69 Å². The second-order valence-electron chi connectivity index (χ2n) is 4.17. The molecule has 0 fully saturated rings. The summed E-state index contributed by atoms with van der Waals surface area (Å²) in [5.41, 5.74) is 2.15. The third kappa shape index (κ3) is 5.04. The molecule has 1 aromatic rings. The third-order valence-electron chi connectivity index (χ3n) is 2.67. The van der Waals surface area contributed by atoms with Crippen molar-refractivity contribution in [3.05, 3.63) is 34.3 Å². The monoisotopic (exact) mass is 271 g/mol. The minimum atomic E-state index is -0.835. The molecule has 1 N–H and O–H groups in total. The van der Waals surface area contributed by atoms with Gasteiger partial charge in [0.1, 0.15) is 0 Å². The van der Waals surface area contributed by atoms with E-state index < -0.39 is 5.97 Å². The number of carboxylic acid groups (broad SMARTS) is 1. The third-order valence-corrected chi connectivity index (χ3v) is 2.90. The molecule has 0 spiro atoms. The Kier molecular flexibility index (Phi) is 6.12. The lowest BCUT2D eigenvalue weighted by atomic mass is 10.1. The Balaban J connectivity index is 2.71. The molecule has 100 valence electrons. The summed E-state index contributed by atoms with van der Waals surface area (Å²) in [6.45, 7) is 3.66. The van der Waals surface area contributed by atoms with Crippen molar-refractivity contribution in [2.45, 2.75) is 13.5 Å². The number of hydrogen-bond acceptors (Lipinski definition) is 3. The highest BCUT2D eigenvalue weighted by Gasteiger charge is 2.11. The lowest BCUT2D eigenvalue weighted by molar-refractivity contribution is -0.138. The SMILES string of the molecule is COCCN(CC(=O)O)Cc1ccc(Cl)cc1C. The van der Waals surface area contributed by atoms with Crippen LogP contribution in [0.2, 0.25) is 5.02 Å². The first-order valence-electron chi connectivity index (χ1n) is 5.71. The van der Waals surface area contributed by atoms with E-state index in [-0.39, 0.29) is 6.54 Å². The first-order valence-corrected chi connectivity index (χ1v) is 6.09. The summed E-state index contributed by atoms with van der Waals surface area (Å²) in [6.07, 6.45) is 0. The number of halogens is 1. The molecule has 0 aliphatic rings. The fourth-order valence-electron chi connectivity index (χ4n) is 1.70. The van der Waals surface area contributed by atoms with Crippen LogP contribution in [0.15, 0.2) is 18.2 Å². The van der Waals surface area contributed by atoms with Crippen LogP contribution in [-0.4, -0.2) is 42.8 Å². The Morgan fingerprint density at radius 2 is 2.22 bits per heavy atom. The number of methoxy groups -OCH3 is 1. The maximum absolute atomic E-state index is 10.8. The average Bonchev–Trinajstić information content (AvgIpc) is 2.29. The summed E-state index contributed by atoms with van der Waals surface area (Å²) in [4.78, 5) is 12.6. The van der Waals surface area contributed by atoms with Crippen LogP contribution in [0.4, 0.5) is 0 Å². The van der Waals surface area contributed by atoms with Crippen molar-refractivity contribution >= 4 is 17.6 Å². The molecule has 0 saturated heterocycles. The van der Waals surface area contributed by atoms with Crippen LogP contribution < -0.4 is 0 Å². The molecule has 1 rings (SSSR count). The van der Waals surface area contributed by atoms with Gasteiger partial charge in [-0.05, 0) is 30.2 Å². The van der Waals surface area contributed by atoms with Gasteiger partial charge in [-0.1, -0.05) is 17.7 Å². The molecule has 0 aliphatic carbocycles. The first kappa shape index (κ1) is 15.0. The molecule has 18 heavy (non-hydrogen) atoms. The number of ether oxygens (including phenoxy) is 1. The summed E-state index contributed by atoms with van der Waals surface area (Å²) in [5, 5.41) is 9.56. The standard InChI is InChI=1S/C13H18ClNO3/c1-10-7-12(14)4-3-11(10)8-15(5-6-18-2)9-13(16)17/h3-4,7H,5-6,8-9H2,1-2H3,(H,16,17). The van der Waals surface area contributed by atoms with E-state index in [1.807, 2.05) is 30.0 Å². The Labute approximate surface area is 112 Å². The molecule has 1 aromatic carbocycles. The molecule has 0 aromatic heterocycles. The van der Waals surface area contributed by atoms with Crippen molar-refractivity contribution in [2.75, 3.05) is 26.8 Å². The van der Waals surface area contributed by atoms with Crippen molar-refractivity contribution in [1.29, 1.82) is 0 Å². The highest BCUT2D eigenvalue weighted by Crippen LogP contribution is 2.16. The van der Waals surface area contributed by atoms with Gasteiger partial charge < -0.3 is 9.84 Å². The number of hydrogen-bond donors (Lipinski definition) is 1. The highest BCUT2D eigenvalue weighted by molar-refractivity contribution is 6.30. The summed E-state index contributed by atoms with van der Waals surface area (Å²) in [6, 6.07) is 5.63. The summed E-state index contributed by atoms with van der Waals surface area (Å²) >= 11 is 5.89. The normalized spacial score (nSPS) is 10.9. The quantitative estimate of drug-likeness (QED) is 0.826. The van der Waals surface area contributed by atoms with Gasteiger partial charge in [-0.25, -0.2) is 0 Å². The zero-order chi connectivity index (χ0) is 13.5. The largest absolute Gasteiger partial charge is 0.480 e. The molecule has 0 heterocycles. The molecule has 0 radical (unpaired) electrons. The Bertz CT molecular complexity index is 409. The van der Waals surface area contributed by atoms with Gasteiger partial charge in [0.05, 0.1) is 13.2 Å². The van der Waals surface area contributed by atoms with E-state index in [0.717, 1.165) is 11.1 Å². The number of nitrogens with zero attached hydrogens (tertiary/aromatic N) is 1. The van der Waals surface area contributed by atoms with Gasteiger partial charge in [0.15, 0.2) is 0 Å². The highest BCUT2D eigenvalue weighted by atomic mass is 35.5. The number of aryl methyl sites for hydroxylation is 1. The van der Waals surface area contributed by atoms with Crippen molar-refractivity contribution in [3.8, 4) is 0 Å². The molecule has 0 unspecified atom stereocenters. The van der Waals surface area contributed by atoms with Crippen LogP contribution in [0, 0.1) is 6.92 Å². The van der Waals surface area contributed by atoms with Crippen LogP contribution in [-0.2, 0) is 16.1 Å². The van der Waals surface area contributed by atoms with Crippen molar-refractivity contribution in [2.24, 2.45) is 0 Å². The predicted octanol–water partition coefficient (Wildman–Crippen LogP) is 2.18. The molecular weight excluding hydrogens is 254 g/mol. The summed E-state index contributed by atoms with van der Waals surface area (Å²) in [7, 11) is 1.60. The molecular formula is C13H18ClNO3. The average molecular weight is 272 g/mol. The van der Waals surface area contributed by atoms with Crippen molar-refractivity contribution < 1.29 is 14.6 Å². The molecule has 0 aliphatic heterocycles. The minimum absolute atomic E-state index is 0.00538. The topological polar surface area (TPSA) is 49.8 Å². The fraction of sp³-hybridized carbons (Fsp3) is 0.462. The first-order chi connectivity index (χ1) is 8.52. The number of carboxylic acids is 1. The van der Waals surface area contributed by atoms with Gasteiger partial charge >= 0.3 is 5.97 Å². The van der Waals surface area contributed by atoms with Gasteiger partial charge in [-0.15, -0.1) is 0 Å². The summed E-state index contributed by atoms with van der Waals surface area (Å²) < 4.78 is 4.99. The van der Waals surface area contributed by atoms with Gasteiger partial charge in [0.2, 0.25) is 0 Å². The zero-order valence-corrected chi connectivity index (χ0v) is 11.4. The number of aliphatic carboxylic acids is 1. The number of carbonyl (C=O) groups is 1. The molecule has 5 heteroatoms. The van der Waals surface area contributed by atoms with E-state index >= 15 is 0 Å². The van der Waals surface area contributed by atoms with Gasteiger partial charge in [-0.2, -0.15) is 0 Å². The van der Waals surface area contributed by atoms with Crippen LogP contribution >= 0.6 is 11.6 Å². The molecule has 4 nitrogen and oxygen atoms in total. The second-order valence-corrected chi connectivity index (χ2v) is 4.60. The van der Waals surface area contributed by atoms with Crippen LogP contribution in [0.1, 0.15) is 11.1 Å². The van der Waals surface area contributed by atoms with Crippen molar-refractivity contribution in [1.82, 2.24) is 4.90 Å². The van der Waals surface area contributed by atoms with E-state index in [1.165, 1.54) is 0 Å². The van der Waals surface area contributed by atoms with Gasteiger partial charge in [0.25, 0.3) is 0 Å². The predicted molar refractivity (Wildman–Crippen MR) is 71.0 cm³/mol. The fourth-order valence-corrected chi connectivity index (χ4v) is 1.93. The van der Waals surface area contributed by atoms with E-state index in [0.29, 0.717) is 24.7 Å². The van der Waals surface area contributed by atoms with Crippen LogP contribution in [0.25, 0.3) is 0 Å². The van der Waals surface area contributed by atoms with E-state index in [4.69, 9.17) is 21.4 Å². The zero-order valence-electron chi connectivity index (χ0n) is 10.6. The Hall–Kier alpha value is -1.10. The van der Waals surface area contributed by atoms with Crippen LogP contribution in [0.5, 0.6) is 0 Å². The van der Waals surface area contributed by atoms with E-state index in [2.05, 4.69) is 0 Å². The Morgan fingerprint density at radius 1 is 1.50 bits per heavy atom. The maximum atomic E-state index is 10.8. The number of benzene rings is 1. The maximum Gasteiger partial charge on any atom is 0.317 e. The molecule has 0 atom stereocenters. The smallest absolute Gasteiger partial charge is 0.317 e. The molecule has 0 saturated carbocycles. The lowest BCUT2D eigenvalue weighted by Crippen LogP contribution is -2.32. The summed E-state index contributed by atoms with van der Waals surface area (Å²) in [5.74, 6) is -0.835. The molecule has 0 bridgehead atoms. The lowest BCUT2D eigenvalue weighted by Gasteiger charge is -2.21. The minimum Gasteiger partial charge on any atom is -0.480 e. The van der Waals surface area contributed by atoms with E-state index in [9.17, 15) is 4.79 Å². The van der Waals surface area contributed by atoms with Crippen molar-refractivity contribution in [3.63, 3.8) is 0 Å². The molecule has 0 amide bonds. The van der Waals surface area contributed by atoms with E-state index in [1.54, 1.807) is 7.11 Å². The number of rotatable bonds is 7. The van der Waals surface area contributed by atoms with Crippen LogP contribution in [0.3, 0.4) is 0 Å².